The van der Waals surface area contributed by atoms with Gasteiger partial charge in [0, 0.05) is 11.3 Å². The third-order valence-electron chi connectivity index (χ3n) is 5.40. The Kier molecular flexibility index (Phi) is 8.95. The fraction of sp³-hybridized carbons (Fsp3) is 0.143. The molecule has 0 bridgehead atoms. The fourth-order valence-electron chi connectivity index (χ4n) is 3.60. The number of carbonyl (C=O) groups is 3. The van der Waals surface area contributed by atoms with Crippen LogP contribution in [0.25, 0.3) is 6.08 Å². The Balaban J connectivity index is 1.50. The molecule has 1 aliphatic heterocycles. The van der Waals surface area contributed by atoms with Gasteiger partial charge >= 0.3 is 5.97 Å². The average molecular weight is 567 g/mol. The molecule has 0 aromatic heterocycles. The van der Waals surface area contributed by atoms with E-state index in [2.05, 4.69) is 5.32 Å². The highest BCUT2D eigenvalue weighted by Crippen LogP contribution is 2.37. The first-order chi connectivity index (χ1) is 18.8. The second kappa shape index (κ2) is 12.5. The summed E-state index contributed by atoms with van der Waals surface area (Å²) in [4.78, 5) is 39.3. The summed E-state index contributed by atoms with van der Waals surface area (Å²) >= 11 is 6.60. The molecule has 11 heteroatoms. The number of amides is 2. The minimum Gasteiger partial charge on any atom is -0.493 e. The van der Waals surface area contributed by atoms with Crippen LogP contribution >= 0.6 is 24.0 Å². The van der Waals surface area contributed by atoms with Gasteiger partial charge in [0.25, 0.3) is 11.8 Å². The topological polar surface area (TPSA) is 94.2 Å². The predicted molar refractivity (Wildman–Crippen MR) is 152 cm³/mol. The molecule has 3 aromatic carbocycles. The number of nitrogens with zero attached hydrogens (tertiary/aromatic N) is 1. The van der Waals surface area contributed by atoms with Crippen LogP contribution in [0.15, 0.2) is 71.6 Å². The number of halogens is 1. The van der Waals surface area contributed by atoms with E-state index >= 15 is 0 Å². The summed E-state index contributed by atoms with van der Waals surface area (Å²) in [5.74, 6) is -0.933. The highest BCUT2D eigenvalue weighted by atomic mass is 32.2. The van der Waals surface area contributed by atoms with Crippen LogP contribution in [0.1, 0.15) is 22.8 Å². The summed E-state index contributed by atoms with van der Waals surface area (Å²) in [7, 11) is 1.47. The van der Waals surface area contributed by atoms with Crippen molar-refractivity contribution in [2.75, 3.05) is 30.5 Å². The van der Waals surface area contributed by atoms with Crippen LogP contribution < -0.4 is 19.7 Å². The monoisotopic (exact) mass is 566 g/mol. The standard InChI is InChI=1S/C28H23FN2O6S2/c1-3-36-25(32)16-37-22-12-7-17(13-23(22)35-2)14-24-27(34)31(28(38)39-24)21-6-4-5-18(15-21)26(33)30-20-10-8-19(29)9-11-20/h4-15H,3,16H2,1-2H3,(H,30,33)/b24-14+. The van der Waals surface area contributed by atoms with Crippen molar-refractivity contribution in [3.63, 3.8) is 0 Å². The number of hydrogen-bond acceptors (Lipinski definition) is 8. The summed E-state index contributed by atoms with van der Waals surface area (Å²) in [6, 6.07) is 16.9. The third-order valence-corrected chi connectivity index (χ3v) is 6.70. The van der Waals surface area contributed by atoms with Crippen LogP contribution in [0.3, 0.4) is 0 Å². The first-order valence-electron chi connectivity index (χ1n) is 11.7. The van der Waals surface area contributed by atoms with Gasteiger partial charge < -0.3 is 19.5 Å². The molecule has 0 saturated carbocycles. The smallest absolute Gasteiger partial charge is 0.344 e. The number of ether oxygens (including phenoxy) is 3. The molecule has 1 saturated heterocycles. The normalized spacial score (nSPS) is 13.9. The van der Waals surface area contributed by atoms with E-state index in [1.54, 1.807) is 55.5 Å². The Bertz CT molecular complexity index is 1460. The average Bonchev–Trinajstić information content (AvgIpc) is 3.21. The van der Waals surface area contributed by atoms with Gasteiger partial charge in [0.15, 0.2) is 22.4 Å². The van der Waals surface area contributed by atoms with E-state index < -0.39 is 17.7 Å². The van der Waals surface area contributed by atoms with Crippen molar-refractivity contribution in [1.29, 1.82) is 0 Å². The molecule has 1 heterocycles. The second-order valence-electron chi connectivity index (χ2n) is 8.03. The summed E-state index contributed by atoms with van der Waals surface area (Å²) in [6.07, 6.45) is 1.67. The van der Waals surface area contributed by atoms with Crippen LogP contribution in [-0.4, -0.2) is 42.4 Å². The predicted octanol–water partition coefficient (Wildman–Crippen LogP) is 5.43. The summed E-state index contributed by atoms with van der Waals surface area (Å²) < 4.78 is 29.2. The number of carbonyl (C=O) groups excluding carboxylic acids is 3. The molecule has 1 N–H and O–H groups in total. The molecule has 2 amide bonds. The first-order valence-corrected chi connectivity index (χ1v) is 12.9. The quantitative estimate of drug-likeness (QED) is 0.208. The lowest BCUT2D eigenvalue weighted by Gasteiger charge is -2.15. The molecule has 3 aromatic rings. The van der Waals surface area contributed by atoms with E-state index in [-0.39, 0.29) is 19.1 Å². The van der Waals surface area contributed by atoms with E-state index in [0.29, 0.717) is 43.2 Å². The maximum Gasteiger partial charge on any atom is 0.344 e. The Morgan fingerprint density at radius 1 is 1.08 bits per heavy atom. The van der Waals surface area contributed by atoms with Crippen LogP contribution in [0.2, 0.25) is 0 Å². The van der Waals surface area contributed by atoms with Crippen LogP contribution in [0.4, 0.5) is 15.8 Å². The number of methoxy groups -OCH3 is 1. The SMILES string of the molecule is CCOC(=O)COc1ccc(/C=C2/SC(=S)N(c3cccc(C(=O)Nc4ccc(F)cc4)c3)C2=O)cc1OC. The number of benzene rings is 3. The lowest BCUT2D eigenvalue weighted by molar-refractivity contribution is -0.145. The molecule has 0 spiro atoms. The third kappa shape index (κ3) is 6.81. The number of thioether (sulfide) groups is 1. The number of thiocarbonyl (C=S) groups is 1. The van der Waals surface area contributed by atoms with Crippen LogP contribution in [0, 0.1) is 5.82 Å². The minimum atomic E-state index is -0.496. The summed E-state index contributed by atoms with van der Waals surface area (Å²) in [5.41, 5.74) is 1.84. The molecule has 0 aliphatic carbocycles. The largest absolute Gasteiger partial charge is 0.493 e. The highest BCUT2D eigenvalue weighted by Gasteiger charge is 2.33. The van der Waals surface area contributed by atoms with Crippen LogP contribution in [0.5, 0.6) is 11.5 Å². The number of anilines is 2. The minimum absolute atomic E-state index is 0.254. The van der Waals surface area contributed by atoms with Gasteiger partial charge in [0.2, 0.25) is 0 Å². The molecule has 0 atom stereocenters. The zero-order valence-corrected chi connectivity index (χ0v) is 22.6. The molecular weight excluding hydrogens is 543 g/mol. The molecule has 8 nitrogen and oxygen atoms in total. The molecule has 1 fully saturated rings. The van der Waals surface area contributed by atoms with E-state index in [1.165, 1.54) is 36.3 Å². The Morgan fingerprint density at radius 2 is 1.85 bits per heavy atom. The van der Waals surface area contributed by atoms with E-state index in [0.717, 1.165) is 11.8 Å². The molecule has 0 unspecified atom stereocenters. The van der Waals surface area contributed by atoms with E-state index in [9.17, 15) is 18.8 Å². The van der Waals surface area contributed by atoms with Crippen molar-refractivity contribution >= 4 is 63.5 Å². The number of rotatable bonds is 9. The maximum absolute atomic E-state index is 13.3. The summed E-state index contributed by atoms with van der Waals surface area (Å²) in [6.45, 7) is 1.70. The van der Waals surface area contributed by atoms with Gasteiger partial charge in [-0.25, -0.2) is 9.18 Å². The van der Waals surface area contributed by atoms with Crippen molar-refractivity contribution in [3.05, 3.63) is 88.6 Å². The van der Waals surface area contributed by atoms with Gasteiger partial charge in [0.1, 0.15) is 5.82 Å². The zero-order valence-electron chi connectivity index (χ0n) is 20.9. The molecular formula is C28H23FN2O6S2. The fourth-order valence-corrected chi connectivity index (χ4v) is 4.90. The van der Waals surface area contributed by atoms with Crippen molar-refractivity contribution < 1.29 is 33.0 Å². The van der Waals surface area contributed by atoms with Gasteiger partial charge in [-0.15, -0.1) is 0 Å². The maximum atomic E-state index is 13.3. The lowest BCUT2D eigenvalue weighted by Crippen LogP contribution is -2.27. The summed E-state index contributed by atoms with van der Waals surface area (Å²) in [5, 5.41) is 2.70. The highest BCUT2D eigenvalue weighted by molar-refractivity contribution is 8.27. The van der Waals surface area contributed by atoms with Crippen molar-refractivity contribution in [3.8, 4) is 11.5 Å². The lowest BCUT2D eigenvalue weighted by atomic mass is 10.1. The van der Waals surface area contributed by atoms with Gasteiger partial charge in [0.05, 0.1) is 24.3 Å². The zero-order chi connectivity index (χ0) is 27.9. The molecule has 0 radical (unpaired) electrons. The number of hydrogen-bond donors (Lipinski definition) is 1. The molecule has 200 valence electrons. The molecule has 4 rings (SSSR count). The first kappa shape index (κ1) is 27.8. The van der Waals surface area contributed by atoms with E-state index in [4.69, 9.17) is 26.4 Å². The van der Waals surface area contributed by atoms with E-state index in [1.807, 2.05) is 0 Å². The Hall–Kier alpha value is -4.22. The van der Waals surface area contributed by atoms with Gasteiger partial charge in [-0.05, 0) is 73.2 Å². The second-order valence-corrected chi connectivity index (χ2v) is 9.71. The Morgan fingerprint density at radius 3 is 2.56 bits per heavy atom. The van der Waals surface area contributed by atoms with Gasteiger partial charge in [-0.3, -0.25) is 14.5 Å². The number of nitrogens with one attached hydrogen (secondary N) is 1. The van der Waals surface area contributed by atoms with Crippen LogP contribution in [-0.2, 0) is 14.3 Å². The van der Waals surface area contributed by atoms with Crippen molar-refractivity contribution in [1.82, 2.24) is 0 Å². The van der Waals surface area contributed by atoms with Crippen molar-refractivity contribution in [2.45, 2.75) is 6.92 Å². The molecule has 1 aliphatic rings. The Labute approximate surface area is 233 Å². The van der Waals surface area contributed by atoms with Gasteiger partial charge in [-0.1, -0.05) is 36.1 Å². The molecule has 39 heavy (non-hydrogen) atoms. The number of esters is 1. The van der Waals surface area contributed by atoms with Gasteiger partial charge in [-0.2, -0.15) is 0 Å². The van der Waals surface area contributed by atoms with Crippen molar-refractivity contribution in [2.24, 2.45) is 0 Å².